The first kappa shape index (κ1) is 16.1. The summed E-state index contributed by atoms with van der Waals surface area (Å²) in [5, 5.41) is 10.1. The van der Waals surface area contributed by atoms with E-state index < -0.39 is 0 Å². The van der Waals surface area contributed by atoms with Gasteiger partial charge in [-0.1, -0.05) is 54.1 Å². The van der Waals surface area contributed by atoms with Crippen LogP contribution in [-0.2, 0) is 16.2 Å². The number of nitrogens with one attached hydrogen (secondary N) is 1. The minimum absolute atomic E-state index is 0.250. The number of aryl methyl sites for hydroxylation is 1. The smallest absolute Gasteiger partial charge is 0.373 e. The summed E-state index contributed by atoms with van der Waals surface area (Å²) in [6.07, 6.45) is 1.81. The highest BCUT2D eigenvalue weighted by Crippen LogP contribution is 2.20. The highest BCUT2D eigenvalue weighted by molar-refractivity contribution is 5.63. The number of hydrogen-bond acceptors (Lipinski definition) is 5. The molecule has 0 aliphatic heterocycles. The molecule has 0 atom stereocenters. The summed E-state index contributed by atoms with van der Waals surface area (Å²) in [4.78, 5) is 16.2. The van der Waals surface area contributed by atoms with E-state index in [-0.39, 0.29) is 6.15 Å². The fraction of sp³-hybridized carbons (Fsp3) is 0.118. The van der Waals surface area contributed by atoms with Crippen molar-refractivity contribution in [3.63, 3.8) is 0 Å². The second-order valence-electron chi connectivity index (χ2n) is 4.74. The maximum absolute atomic E-state index is 8.12. The summed E-state index contributed by atoms with van der Waals surface area (Å²) in [6.45, 7) is 2.58. The summed E-state index contributed by atoms with van der Waals surface area (Å²) in [5.74, 6) is 0.507. The van der Waals surface area contributed by atoms with Gasteiger partial charge in [0, 0.05) is 0 Å². The zero-order valence-electron chi connectivity index (χ0n) is 12.5. The summed E-state index contributed by atoms with van der Waals surface area (Å²) < 4.78 is 5.49. The molecule has 0 saturated heterocycles. The molecule has 1 aromatic heterocycles. The van der Waals surface area contributed by atoms with Gasteiger partial charge in [0.15, 0.2) is 0 Å². The molecule has 0 aliphatic carbocycles. The van der Waals surface area contributed by atoms with Crippen molar-refractivity contribution in [1.82, 2.24) is 15.4 Å². The van der Waals surface area contributed by atoms with Gasteiger partial charge >= 0.3 is 6.15 Å². The summed E-state index contributed by atoms with van der Waals surface area (Å²) in [5.41, 5.74) is 4.80. The summed E-state index contributed by atoms with van der Waals surface area (Å²) in [6, 6.07) is 16.9. The van der Waals surface area contributed by atoms with E-state index in [2.05, 4.69) is 70.9 Å². The predicted molar refractivity (Wildman–Crippen MR) is 82.3 cm³/mol. The Morgan fingerprint density at radius 2 is 1.57 bits per heavy atom. The van der Waals surface area contributed by atoms with Crippen molar-refractivity contribution in [3.05, 3.63) is 65.9 Å². The molecule has 0 bridgehead atoms. The van der Waals surface area contributed by atoms with Gasteiger partial charge in [-0.2, -0.15) is 19.9 Å². The number of ether oxygens (including phenoxy) is 1. The van der Waals surface area contributed by atoms with Gasteiger partial charge in [-0.25, -0.2) is 0 Å². The van der Waals surface area contributed by atoms with E-state index in [0.29, 0.717) is 12.5 Å². The molecule has 1 heterocycles. The lowest BCUT2D eigenvalue weighted by Crippen LogP contribution is -1.95. The van der Waals surface area contributed by atoms with Crippen LogP contribution in [0, 0.1) is 6.92 Å². The van der Waals surface area contributed by atoms with E-state index in [1.807, 2.05) is 0 Å². The Hall–Kier alpha value is -3.24. The first-order valence-corrected chi connectivity index (χ1v) is 6.87. The minimum Gasteiger partial charge on any atom is -0.471 e. The second kappa shape index (κ2) is 8.26. The Labute approximate surface area is 133 Å². The molecule has 2 aromatic carbocycles. The molecular formula is C17H15N3O3. The number of carbonyl (C=O) groups excluding carboxylic acids is 2. The Balaban J connectivity index is 0.000000595. The molecule has 3 aromatic rings. The topological polar surface area (TPSA) is 84.9 Å². The van der Waals surface area contributed by atoms with Gasteiger partial charge in [0.2, 0.25) is 0 Å². The van der Waals surface area contributed by atoms with Gasteiger partial charge < -0.3 is 4.74 Å². The van der Waals surface area contributed by atoms with Crippen LogP contribution in [0.3, 0.4) is 0 Å². The van der Waals surface area contributed by atoms with E-state index in [4.69, 9.17) is 14.3 Å². The normalized spacial score (nSPS) is 9.43. The lowest BCUT2D eigenvalue weighted by atomic mass is 10.0. The molecule has 23 heavy (non-hydrogen) atoms. The fourth-order valence-electron chi connectivity index (χ4n) is 1.96. The Morgan fingerprint density at radius 3 is 2.09 bits per heavy atom. The molecule has 0 fully saturated rings. The van der Waals surface area contributed by atoms with Crippen LogP contribution in [0.5, 0.6) is 5.88 Å². The van der Waals surface area contributed by atoms with Crippen molar-refractivity contribution in [1.29, 1.82) is 0 Å². The second-order valence-corrected chi connectivity index (χ2v) is 4.74. The SMILES string of the molecule is Cc1ccc(-c2ccc(COc3cn[nH]n3)cc2)cc1.O=C=O. The van der Waals surface area contributed by atoms with E-state index in [0.717, 1.165) is 5.56 Å². The van der Waals surface area contributed by atoms with E-state index in [1.54, 1.807) is 6.20 Å². The quantitative estimate of drug-likeness (QED) is 0.801. The van der Waals surface area contributed by atoms with Crippen LogP contribution in [0.1, 0.15) is 11.1 Å². The van der Waals surface area contributed by atoms with E-state index in [1.165, 1.54) is 16.7 Å². The van der Waals surface area contributed by atoms with Gasteiger partial charge in [-0.3, -0.25) is 0 Å². The summed E-state index contributed by atoms with van der Waals surface area (Å²) >= 11 is 0. The van der Waals surface area contributed by atoms with Crippen molar-refractivity contribution in [3.8, 4) is 17.0 Å². The van der Waals surface area contributed by atoms with Crippen molar-refractivity contribution in [2.24, 2.45) is 0 Å². The highest BCUT2D eigenvalue weighted by atomic mass is 16.5. The predicted octanol–water partition coefficient (Wildman–Crippen LogP) is 2.78. The molecule has 0 amide bonds. The third kappa shape index (κ3) is 4.91. The van der Waals surface area contributed by atoms with Gasteiger partial charge in [0.25, 0.3) is 5.88 Å². The average molecular weight is 309 g/mol. The Kier molecular flexibility index (Phi) is 5.80. The van der Waals surface area contributed by atoms with E-state index >= 15 is 0 Å². The first-order valence-electron chi connectivity index (χ1n) is 6.87. The van der Waals surface area contributed by atoms with E-state index in [9.17, 15) is 0 Å². The number of nitrogens with zero attached hydrogens (tertiary/aromatic N) is 2. The third-order valence-corrected chi connectivity index (χ3v) is 3.12. The van der Waals surface area contributed by atoms with Crippen LogP contribution in [0.15, 0.2) is 54.7 Å². The molecule has 6 nitrogen and oxygen atoms in total. The monoisotopic (exact) mass is 309 g/mol. The Bertz CT molecular complexity index is 745. The van der Waals surface area contributed by atoms with Gasteiger partial charge in [0.1, 0.15) is 12.8 Å². The van der Waals surface area contributed by atoms with Crippen LogP contribution in [0.2, 0.25) is 0 Å². The summed E-state index contributed by atoms with van der Waals surface area (Å²) in [7, 11) is 0. The van der Waals surface area contributed by atoms with Gasteiger partial charge in [0.05, 0.1) is 0 Å². The standard InChI is InChI=1S/C16H15N3O.CO2/c1-12-2-6-14(7-3-12)15-8-4-13(5-9-15)11-20-16-10-17-19-18-16;2-1-3/h2-10H,11H2,1H3,(H,17,18,19);. The molecule has 6 heteroatoms. The van der Waals surface area contributed by atoms with Crippen LogP contribution in [0.25, 0.3) is 11.1 Å². The minimum atomic E-state index is 0.250. The lowest BCUT2D eigenvalue weighted by molar-refractivity contribution is -0.191. The third-order valence-electron chi connectivity index (χ3n) is 3.12. The molecule has 116 valence electrons. The molecule has 0 radical (unpaired) electrons. The number of benzene rings is 2. The van der Waals surface area contributed by atoms with Crippen molar-refractivity contribution in [2.75, 3.05) is 0 Å². The molecule has 0 saturated carbocycles. The molecule has 0 unspecified atom stereocenters. The van der Waals surface area contributed by atoms with Gasteiger partial charge in [-0.05, 0) is 23.6 Å². The molecule has 0 aliphatic rings. The molecule has 1 N–H and O–H groups in total. The largest absolute Gasteiger partial charge is 0.471 e. The van der Waals surface area contributed by atoms with Crippen molar-refractivity contribution in [2.45, 2.75) is 13.5 Å². The first-order chi connectivity index (χ1) is 11.2. The number of aromatic nitrogens is 3. The molecule has 0 spiro atoms. The van der Waals surface area contributed by atoms with Crippen LogP contribution >= 0.6 is 0 Å². The Morgan fingerprint density at radius 1 is 1.00 bits per heavy atom. The van der Waals surface area contributed by atoms with Crippen molar-refractivity contribution < 1.29 is 14.3 Å². The average Bonchev–Trinajstić information content (AvgIpc) is 3.08. The van der Waals surface area contributed by atoms with Gasteiger partial charge in [-0.15, -0.1) is 5.10 Å². The number of hydrogen-bond donors (Lipinski definition) is 1. The number of aromatic amines is 1. The fourth-order valence-corrected chi connectivity index (χ4v) is 1.96. The maximum Gasteiger partial charge on any atom is 0.373 e. The van der Waals surface area contributed by atoms with Crippen LogP contribution in [-0.4, -0.2) is 21.6 Å². The van der Waals surface area contributed by atoms with Crippen LogP contribution in [0.4, 0.5) is 0 Å². The zero-order valence-corrected chi connectivity index (χ0v) is 12.5. The highest BCUT2D eigenvalue weighted by Gasteiger charge is 2.00. The zero-order chi connectivity index (χ0) is 16.5. The maximum atomic E-state index is 8.12. The molecule has 3 rings (SSSR count). The number of H-pyrrole nitrogens is 1. The number of rotatable bonds is 4. The molecular weight excluding hydrogens is 294 g/mol. The lowest BCUT2D eigenvalue weighted by Gasteiger charge is -2.05. The van der Waals surface area contributed by atoms with Crippen LogP contribution < -0.4 is 4.74 Å². The van der Waals surface area contributed by atoms with Crippen molar-refractivity contribution >= 4 is 6.15 Å².